The highest BCUT2D eigenvalue weighted by atomic mass is 32.1. The largest absolute Gasteiger partial charge is 0.493 e. The molecule has 140 valence electrons. The van der Waals surface area contributed by atoms with Gasteiger partial charge in [-0.1, -0.05) is 0 Å². The number of carbonyl (C=O) groups is 2. The summed E-state index contributed by atoms with van der Waals surface area (Å²) in [4.78, 5) is 24.7. The smallest absolute Gasteiger partial charge is 0.339 e. The lowest BCUT2D eigenvalue weighted by atomic mass is 10.1. The van der Waals surface area contributed by atoms with Gasteiger partial charge in [0, 0.05) is 0 Å². The second-order valence-corrected chi connectivity index (χ2v) is 6.43. The molecular weight excluding hydrogens is 372 g/mol. The molecule has 1 amide bonds. The Kier molecular flexibility index (Phi) is 5.47. The third-order valence-electron chi connectivity index (χ3n) is 3.74. The number of nitriles is 1. The van der Waals surface area contributed by atoms with Crippen molar-refractivity contribution >= 4 is 28.2 Å². The van der Waals surface area contributed by atoms with Crippen LogP contribution < -0.4 is 19.5 Å². The van der Waals surface area contributed by atoms with Crippen molar-refractivity contribution in [3.8, 4) is 23.3 Å². The van der Waals surface area contributed by atoms with Crippen LogP contribution in [-0.2, 0) is 9.53 Å². The second kappa shape index (κ2) is 7.97. The first kappa shape index (κ1) is 18.5. The Labute approximate surface area is 159 Å². The summed E-state index contributed by atoms with van der Waals surface area (Å²) in [5.41, 5.74) is 0.521. The zero-order valence-electron chi connectivity index (χ0n) is 14.6. The van der Waals surface area contributed by atoms with Gasteiger partial charge in [0.25, 0.3) is 5.91 Å². The Morgan fingerprint density at radius 1 is 1.33 bits per heavy atom. The van der Waals surface area contributed by atoms with Gasteiger partial charge in [-0.05, 0) is 30.5 Å². The van der Waals surface area contributed by atoms with Crippen LogP contribution in [0.5, 0.6) is 17.2 Å². The maximum Gasteiger partial charge on any atom is 0.339 e. The molecule has 3 rings (SSSR count). The minimum atomic E-state index is -1.06. The number of ether oxygens (including phenoxy) is 4. The highest BCUT2D eigenvalue weighted by molar-refractivity contribution is 7.14. The van der Waals surface area contributed by atoms with Crippen LogP contribution in [0.2, 0.25) is 0 Å². The van der Waals surface area contributed by atoms with Gasteiger partial charge in [0.2, 0.25) is 5.75 Å². The van der Waals surface area contributed by atoms with E-state index < -0.39 is 18.0 Å². The lowest BCUT2D eigenvalue weighted by molar-refractivity contribution is -0.123. The number of hydrogen-bond donors (Lipinski definition) is 1. The van der Waals surface area contributed by atoms with E-state index in [0.717, 1.165) is 0 Å². The molecule has 27 heavy (non-hydrogen) atoms. The fraction of sp³-hybridized carbons (Fsp3) is 0.278. The summed E-state index contributed by atoms with van der Waals surface area (Å²) in [5, 5.41) is 13.7. The van der Waals surface area contributed by atoms with Crippen LogP contribution in [0, 0.1) is 11.3 Å². The molecule has 1 N–H and O–H groups in total. The number of fused-ring (bicyclic) bond motifs is 1. The van der Waals surface area contributed by atoms with Crippen molar-refractivity contribution < 1.29 is 28.5 Å². The number of nitrogens with one attached hydrogen (secondary N) is 1. The summed E-state index contributed by atoms with van der Waals surface area (Å²) >= 11 is 1.21. The van der Waals surface area contributed by atoms with Gasteiger partial charge in [0.05, 0.1) is 18.2 Å². The van der Waals surface area contributed by atoms with Crippen molar-refractivity contribution in [2.75, 3.05) is 25.6 Å². The fourth-order valence-corrected chi connectivity index (χ4v) is 3.12. The Morgan fingerprint density at radius 3 is 2.85 bits per heavy atom. The van der Waals surface area contributed by atoms with Gasteiger partial charge in [-0.2, -0.15) is 5.26 Å². The average molecular weight is 388 g/mol. The van der Waals surface area contributed by atoms with E-state index in [4.69, 9.17) is 24.2 Å². The number of methoxy groups -OCH3 is 1. The number of anilines is 1. The van der Waals surface area contributed by atoms with Gasteiger partial charge in [0.1, 0.15) is 24.3 Å². The molecule has 1 aliphatic rings. The van der Waals surface area contributed by atoms with Crippen molar-refractivity contribution in [3.05, 3.63) is 34.7 Å². The number of benzene rings is 1. The molecule has 0 radical (unpaired) electrons. The van der Waals surface area contributed by atoms with E-state index in [0.29, 0.717) is 41.0 Å². The minimum Gasteiger partial charge on any atom is -0.493 e. The summed E-state index contributed by atoms with van der Waals surface area (Å²) in [6, 6.07) is 6.52. The van der Waals surface area contributed by atoms with Crippen LogP contribution in [0.25, 0.3) is 0 Å². The molecule has 0 aliphatic carbocycles. The third kappa shape index (κ3) is 3.96. The fourth-order valence-electron chi connectivity index (χ4n) is 2.38. The van der Waals surface area contributed by atoms with Crippen molar-refractivity contribution in [3.63, 3.8) is 0 Å². The molecule has 0 bridgehead atoms. The third-order valence-corrected chi connectivity index (χ3v) is 4.57. The van der Waals surface area contributed by atoms with E-state index in [-0.39, 0.29) is 5.56 Å². The number of amides is 1. The number of nitrogens with zero attached hydrogens (tertiary/aromatic N) is 1. The zero-order valence-corrected chi connectivity index (χ0v) is 15.4. The summed E-state index contributed by atoms with van der Waals surface area (Å²) in [7, 11) is 1.45. The summed E-state index contributed by atoms with van der Waals surface area (Å²) in [6.07, 6.45) is -1.06. The summed E-state index contributed by atoms with van der Waals surface area (Å²) in [5.74, 6) is -0.102. The SMILES string of the molecule is COc1cc(C(=O)O[C@@H](C)C(=O)Nc2sccc2C#N)cc2c1OCCO2. The zero-order chi connectivity index (χ0) is 19.4. The van der Waals surface area contributed by atoms with Gasteiger partial charge in [-0.25, -0.2) is 4.79 Å². The Hall–Kier alpha value is -3.25. The van der Waals surface area contributed by atoms with Crippen LogP contribution in [0.3, 0.4) is 0 Å². The number of rotatable bonds is 5. The number of esters is 1. The minimum absolute atomic E-state index is 0.171. The van der Waals surface area contributed by atoms with Crippen LogP contribution in [-0.4, -0.2) is 38.3 Å². The normalized spacial score (nSPS) is 13.2. The predicted molar refractivity (Wildman–Crippen MR) is 96.5 cm³/mol. The van der Waals surface area contributed by atoms with Crippen molar-refractivity contribution in [2.45, 2.75) is 13.0 Å². The predicted octanol–water partition coefficient (Wildman–Crippen LogP) is 2.58. The molecule has 0 spiro atoms. The lowest BCUT2D eigenvalue weighted by Gasteiger charge is -2.21. The number of hydrogen-bond acceptors (Lipinski definition) is 8. The monoisotopic (exact) mass is 388 g/mol. The van der Waals surface area contributed by atoms with Crippen molar-refractivity contribution in [2.24, 2.45) is 0 Å². The van der Waals surface area contributed by atoms with Crippen LogP contribution in [0.15, 0.2) is 23.6 Å². The first-order valence-corrected chi connectivity index (χ1v) is 8.88. The van der Waals surface area contributed by atoms with Gasteiger partial charge in [-0.3, -0.25) is 4.79 Å². The molecule has 8 nitrogen and oxygen atoms in total. The van der Waals surface area contributed by atoms with Crippen molar-refractivity contribution in [1.29, 1.82) is 5.26 Å². The van der Waals surface area contributed by atoms with E-state index in [1.807, 2.05) is 6.07 Å². The molecule has 1 aromatic heterocycles. The maximum absolute atomic E-state index is 12.4. The Bertz CT molecular complexity index is 900. The van der Waals surface area contributed by atoms with Crippen LogP contribution >= 0.6 is 11.3 Å². The van der Waals surface area contributed by atoms with E-state index in [9.17, 15) is 9.59 Å². The molecule has 9 heteroatoms. The molecule has 0 saturated carbocycles. The van der Waals surface area contributed by atoms with Crippen LogP contribution in [0.1, 0.15) is 22.8 Å². The Balaban J connectivity index is 1.71. The first-order valence-electron chi connectivity index (χ1n) is 8.00. The quantitative estimate of drug-likeness (QED) is 0.785. The van der Waals surface area contributed by atoms with E-state index in [1.165, 1.54) is 37.5 Å². The van der Waals surface area contributed by atoms with E-state index in [2.05, 4.69) is 5.32 Å². The molecular formula is C18H16N2O6S. The molecule has 1 aliphatic heterocycles. The molecule has 2 heterocycles. The average Bonchev–Trinajstić information content (AvgIpc) is 3.13. The molecule has 0 unspecified atom stereocenters. The molecule has 1 aromatic carbocycles. The highest BCUT2D eigenvalue weighted by Crippen LogP contribution is 2.40. The van der Waals surface area contributed by atoms with Crippen LogP contribution in [0.4, 0.5) is 5.00 Å². The second-order valence-electron chi connectivity index (χ2n) is 5.51. The molecule has 0 fully saturated rings. The molecule has 2 aromatic rings. The molecule has 0 saturated heterocycles. The first-order chi connectivity index (χ1) is 13.0. The number of carbonyl (C=O) groups excluding carboxylic acids is 2. The summed E-state index contributed by atoms with van der Waals surface area (Å²) < 4.78 is 21.4. The van der Waals surface area contributed by atoms with Gasteiger partial charge < -0.3 is 24.3 Å². The lowest BCUT2D eigenvalue weighted by Crippen LogP contribution is -2.30. The van der Waals surface area contributed by atoms with E-state index >= 15 is 0 Å². The number of thiophene rings is 1. The van der Waals surface area contributed by atoms with Gasteiger partial charge in [-0.15, -0.1) is 11.3 Å². The summed E-state index contributed by atoms with van der Waals surface area (Å²) in [6.45, 7) is 2.19. The van der Waals surface area contributed by atoms with Gasteiger partial charge >= 0.3 is 5.97 Å². The maximum atomic E-state index is 12.4. The molecule has 1 atom stereocenters. The van der Waals surface area contributed by atoms with Crippen molar-refractivity contribution in [1.82, 2.24) is 0 Å². The topological polar surface area (TPSA) is 107 Å². The highest BCUT2D eigenvalue weighted by Gasteiger charge is 2.24. The Morgan fingerprint density at radius 2 is 2.11 bits per heavy atom. The standard InChI is InChI=1S/C18H16N2O6S/c1-10(16(21)20-17-11(9-19)3-6-27-17)26-18(22)12-7-13(23-2)15-14(8-12)24-4-5-25-15/h3,6-8,10H,4-5H2,1-2H3,(H,20,21)/t10-/m0/s1. The van der Waals surface area contributed by atoms with E-state index in [1.54, 1.807) is 11.4 Å². The van der Waals surface area contributed by atoms with Gasteiger partial charge in [0.15, 0.2) is 17.6 Å².